The number of nitrogens with two attached hydrogens (primary N) is 1. The zero-order valence-corrected chi connectivity index (χ0v) is 11.6. The van der Waals surface area contributed by atoms with Crippen LogP contribution < -0.4 is 10.6 Å². The van der Waals surface area contributed by atoms with Gasteiger partial charge in [-0.15, -0.1) is 0 Å². The fourth-order valence-corrected chi connectivity index (χ4v) is 1.84. The van der Waals surface area contributed by atoms with E-state index in [4.69, 9.17) is 5.73 Å². The van der Waals surface area contributed by atoms with Crippen LogP contribution >= 0.6 is 0 Å². The van der Waals surface area contributed by atoms with E-state index in [0.717, 1.165) is 12.2 Å². The van der Waals surface area contributed by atoms with Crippen molar-refractivity contribution in [3.05, 3.63) is 24.0 Å². The van der Waals surface area contributed by atoms with Crippen LogP contribution in [0.15, 0.2) is 18.3 Å². The van der Waals surface area contributed by atoms with E-state index in [1.807, 2.05) is 19.2 Å². The lowest BCUT2D eigenvalue weighted by molar-refractivity contribution is 0.570. The predicted molar refractivity (Wildman–Crippen MR) is 74.2 cm³/mol. The van der Waals surface area contributed by atoms with Crippen LogP contribution in [0.1, 0.15) is 46.4 Å². The second-order valence-corrected chi connectivity index (χ2v) is 5.37. The highest BCUT2D eigenvalue weighted by atomic mass is 15.2. The summed E-state index contributed by atoms with van der Waals surface area (Å²) in [5.41, 5.74) is 7.93. The summed E-state index contributed by atoms with van der Waals surface area (Å²) < 4.78 is 0. The maximum absolute atomic E-state index is 5.80. The minimum Gasteiger partial charge on any atom is -0.368 e. The van der Waals surface area contributed by atoms with Crippen LogP contribution in [-0.2, 0) is 0 Å². The van der Waals surface area contributed by atoms with E-state index in [9.17, 15) is 0 Å². The first kappa shape index (κ1) is 14.0. The van der Waals surface area contributed by atoms with Crippen molar-refractivity contribution < 1.29 is 0 Å². The summed E-state index contributed by atoms with van der Waals surface area (Å²) in [5, 5.41) is 0. The van der Waals surface area contributed by atoms with Crippen LogP contribution in [0.2, 0.25) is 0 Å². The molecule has 17 heavy (non-hydrogen) atoms. The summed E-state index contributed by atoms with van der Waals surface area (Å²) in [6.07, 6.45) is 1.93. The zero-order chi connectivity index (χ0) is 13.0. The van der Waals surface area contributed by atoms with Gasteiger partial charge in [0, 0.05) is 18.6 Å². The molecule has 0 radical (unpaired) electrons. The molecule has 0 aliphatic carbocycles. The molecule has 3 nitrogen and oxygen atoms in total. The average Bonchev–Trinajstić information content (AvgIpc) is 2.25. The van der Waals surface area contributed by atoms with Crippen LogP contribution in [0.4, 0.5) is 5.69 Å². The first-order chi connectivity index (χ1) is 7.91. The van der Waals surface area contributed by atoms with Gasteiger partial charge in [-0.25, -0.2) is 0 Å². The molecule has 0 saturated carbocycles. The highest BCUT2D eigenvalue weighted by Gasteiger charge is 2.12. The number of aromatic nitrogens is 1. The number of pyridine rings is 1. The Bertz CT molecular complexity index is 328. The van der Waals surface area contributed by atoms with Gasteiger partial charge in [-0.05, 0) is 38.8 Å². The second kappa shape index (κ2) is 6.01. The minimum atomic E-state index is 0.00153. The maximum atomic E-state index is 5.80. The molecule has 0 spiro atoms. The molecule has 0 saturated heterocycles. The topological polar surface area (TPSA) is 42.1 Å². The molecular weight excluding hydrogens is 210 g/mol. The van der Waals surface area contributed by atoms with Crippen molar-refractivity contribution in [3.63, 3.8) is 0 Å². The van der Waals surface area contributed by atoms with E-state index in [2.05, 4.69) is 43.6 Å². The summed E-state index contributed by atoms with van der Waals surface area (Å²) >= 11 is 0. The molecule has 96 valence electrons. The second-order valence-electron chi connectivity index (χ2n) is 5.37. The molecule has 0 unspecified atom stereocenters. The molecule has 1 atom stereocenters. The normalized spacial score (nSPS) is 13.2. The Morgan fingerprint density at radius 1 is 1.18 bits per heavy atom. The minimum absolute atomic E-state index is 0.00153. The van der Waals surface area contributed by atoms with Crippen molar-refractivity contribution in [1.29, 1.82) is 0 Å². The fourth-order valence-electron chi connectivity index (χ4n) is 1.84. The maximum Gasteiger partial charge on any atom is 0.0569 e. The lowest BCUT2D eigenvalue weighted by Crippen LogP contribution is -2.34. The molecule has 1 aromatic rings. The number of rotatable bonds is 5. The number of hydrogen-bond donors (Lipinski definition) is 1. The molecular formula is C14H25N3. The van der Waals surface area contributed by atoms with Crippen LogP contribution in [0.25, 0.3) is 0 Å². The Morgan fingerprint density at radius 2 is 1.82 bits per heavy atom. The van der Waals surface area contributed by atoms with Crippen molar-refractivity contribution in [1.82, 2.24) is 4.98 Å². The predicted octanol–water partition coefficient (Wildman–Crippen LogP) is 2.97. The first-order valence-corrected chi connectivity index (χ1v) is 6.40. The standard InChI is InChI=1S/C14H25N3/c1-10(2)9-17(11(3)4)13-6-7-14(12(5)15)16-8-13/h6-8,10-12H,9,15H2,1-5H3/t12-/m1/s1. The van der Waals surface area contributed by atoms with Crippen LogP contribution in [0.5, 0.6) is 0 Å². The molecule has 0 aliphatic rings. The Balaban J connectivity index is 2.87. The Hall–Kier alpha value is -1.09. The zero-order valence-electron chi connectivity index (χ0n) is 11.6. The van der Waals surface area contributed by atoms with Crippen LogP contribution in [0, 0.1) is 5.92 Å². The molecule has 0 fully saturated rings. The van der Waals surface area contributed by atoms with Crippen molar-refractivity contribution in [2.45, 2.75) is 46.7 Å². The largest absolute Gasteiger partial charge is 0.368 e. The Morgan fingerprint density at radius 3 is 2.18 bits per heavy atom. The monoisotopic (exact) mass is 235 g/mol. The van der Waals surface area contributed by atoms with Gasteiger partial charge < -0.3 is 10.6 Å². The van der Waals surface area contributed by atoms with E-state index in [0.29, 0.717) is 12.0 Å². The number of nitrogens with zero attached hydrogens (tertiary/aromatic N) is 2. The van der Waals surface area contributed by atoms with E-state index in [1.54, 1.807) is 0 Å². The van der Waals surface area contributed by atoms with E-state index < -0.39 is 0 Å². The molecule has 1 aromatic heterocycles. The van der Waals surface area contributed by atoms with Gasteiger partial charge in [0.05, 0.1) is 17.6 Å². The van der Waals surface area contributed by atoms with E-state index >= 15 is 0 Å². The quantitative estimate of drug-likeness (QED) is 0.853. The van der Waals surface area contributed by atoms with Gasteiger partial charge in [0.2, 0.25) is 0 Å². The smallest absolute Gasteiger partial charge is 0.0569 e. The van der Waals surface area contributed by atoms with Crippen molar-refractivity contribution >= 4 is 5.69 Å². The third-order valence-corrected chi connectivity index (χ3v) is 2.75. The van der Waals surface area contributed by atoms with Gasteiger partial charge in [-0.1, -0.05) is 13.8 Å². The van der Waals surface area contributed by atoms with Crippen LogP contribution in [0.3, 0.4) is 0 Å². The lowest BCUT2D eigenvalue weighted by atomic mass is 10.1. The van der Waals surface area contributed by atoms with Crippen molar-refractivity contribution in [2.24, 2.45) is 11.7 Å². The van der Waals surface area contributed by atoms with Gasteiger partial charge in [-0.3, -0.25) is 4.98 Å². The third kappa shape index (κ3) is 4.00. The van der Waals surface area contributed by atoms with Crippen molar-refractivity contribution in [3.8, 4) is 0 Å². The van der Waals surface area contributed by atoms with E-state index in [1.165, 1.54) is 5.69 Å². The van der Waals surface area contributed by atoms with Crippen LogP contribution in [-0.4, -0.2) is 17.6 Å². The molecule has 0 bridgehead atoms. The molecule has 0 amide bonds. The van der Waals surface area contributed by atoms with Gasteiger partial charge in [0.1, 0.15) is 0 Å². The van der Waals surface area contributed by atoms with Gasteiger partial charge in [-0.2, -0.15) is 0 Å². The highest BCUT2D eigenvalue weighted by Crippen LogP contribution is 2.19. The molecule has 3 heteroatoms. The summed E-state index contributed by atoms with van der Waals surface area (Å²) in [4.78, 5) is 6.80. The van der Waals surface area contributed by atoms with E-state index in [-0.39, 0.29) is 6.04 Å². The summed E-state index contributed by atoms with van der Waals surface area (Å²) in [7, 11) is 0. The molecule has 0 aliphatic heterocycles. The lowest BCUT2D eigenvalue weighted by Gasteiger charge is -2.30. The Labute approximate surface area is 105 Å². The summed E-state index contributed by atoms with van der Waals surface area (Å²) in [5.74, 6) is 0.644. The van der Waals surface area contributed by atoms with Gasteiger partial charge in [0.15, 0.2) is 0 Å². The number of hydrogen-bond acceptors (Lipinski definition) is 3. The molecule has 1 rings (SSSR count). The summed E-state index contributed by atoms with van der Waals surface area (Å²) in [6.45, 7) is 11.9. The number of anilines is 1. The third-order valence-electron chi connectivity index (χ3n) is 2.75. The first-order valence-electron chi connectivity index (χ1n) is 6.40. The van der Waals surface area contributed by atoms with Gasteiger partial charge >= 0.3 is 0 Å². The molecule has 1 heterocycles. The Kier molecular flexibility index (Phi) is 4.94. The SMILES string of the molecule is CC(C)CN(c1ccc([C@@H](C)N)nc1)C(C)C. The van der Waals surface area contributed by atoms with Crippen molar-refractivity contribution in [2.75, 3.05) is 11.4 Å². The van der Waals surface area contributed by atoms with Gasteiger partial charge in [0.25, 0.3) is 0 Å². The molecule has 2 N–H and O–H groups in total. The highest BCUT2D eigenvalue weighted by molar-refractivity contribution is 5.45. The fraction of sp³-hybridized carbons (Fsp3) is 0.643. The molecule has 0 aromatic carbocycles. The summed E-state index contributed by atoms with van der Waals surface area (Å²) in [6, 6.07) is 4.63. The average molecular weight is 235 g/mol.